The van der Waals surface area contributed by atoms with Crippen molar-refractivity contribution in [3.05, 3.63) is 60.7 Å². The summed E-state index contributed by atoms with van der Waals surface area (Å²) in [7, 11) is 4.86. The van der Waals surface area contributed by atoms with Crippen LogP contribution in [0.3, 0.4) is 0 Å². The Hall–Kier alpha value is -4.04. The predicted molar refractivity (Wildman–Crippen MR) is 133 cm³/mol. The Morgan fingerprint density at radius 1 is 0.941 bits per heavy atom. The number of anilines is 2. The first kappa shape index (κ1) is 23.1. The van der Waals surface area contributed by atoms with Crippen LogP contribution in [0.1, 0.15) is 6.92 Å². The molecular formula is C26H27N3O5. The summed E-state index contributed by atoms with van der Waals surface area (Å²) in [6, 6.07) is 17.8. The fraction of sp³-hybridized carbons (Fsp3) is 0.231. The van der Waals surface area contributed by atoms with Gasteiger partial charge in [0.1, 0.15) is 22.7 Å². The van der Waals surface area contributed by atoms with Gasteiger partial charge in [-0.15, -0.1) is 0 Å². The van der Waals surface area contributed by atoms with Gasteiger partial charge in [0.2, 0.25) is 11.8 Å². The summed E-state index contributed by atoms with van der Waals surface area (Å²) in [5.41, 5.74) is 2.57. The number of benzene rings is 3. The van der Waals surface area contributed by atoms with E-state index in [0.29, 0.717) is 28.5 Å². The Kier molecular flexibility index (Phi) is 6.70. The van der Waals surface area contributed by atoms with E-state index in [0.717, 1.165) is 16.4 Å². The topological polar surface area (TPSA) is 93.0 Å². The van der Waals surface area contributed by atoms with Crippen molar-refractivity contribution in [1.82, 2.24) is 4.90 Å². The molecule has 0 saturated carbocycles. The van der Waals surface area contributed by atoms with Gasteiger partial charge in [0.25, 0.3) is 0 Å². The molecule has 0 aliphatic carbocycles. The van der Waals surface area contributed by atoms with Gasteiger partial charge in [0.15, 0.2) is 0 Å². The predicted octanol–water partition coefficient (Wildman–Crippen LogP) is 4.50. The first-order chi connectivity index (χ1) is 16.4. The molecular weight excluding hydrogens is 434 g/mol. The molecule has 0 bridgehead atoms. The monoisotopic (exact) mass is 461 g/mol. The minimum Gasteiger partial charge on any atom is -0.497 e. The molecule has 0 saturated heterocycles. The Morgan fingerprint density at radius 2 is 1.68 bits per heavy atom. The minimum absolute atomic E-state index is 0.0420. The van der Waals surface area contributed by atoms with Gasteiger partial charge >= 0.3 is 0 Å². The second kappa shape index (κ2) is 9.84. The van der Waals surface area contributed by atoms with E-state index >= 15 is 0 Å². The maximum absolute atomic E-state index is 13.0. The van der Waals surface area contributed by atoms with E-state index < -0.39 is 6.04 Å². The fourth-order valence-corrected chi connectivity index (χ4v) is 3.69. The van der Waals surface area contributed by atoms with E-state index in [9.17, 15) is 9.59 Å². The van der Waals surface area contributed by atoms with Gasteiger partial charge in [-0.2, -0.15) is 0 Å². The molecule has 3 aromatic carbocycles. The number of carbonyl (C=O) groups excluding carboxylic acids is 2. The maximum Gasteiger partial charge on any atom is 0.241 e. The second-order valence-electron chi connectivity index (χ2n) is 8.00. The third-order valence-electron chi connectivity index (χ3n) is 5.76. The van der Waals surface area contributed by atoms with Crippen molar-refractivity contribution in [1.29, 1.82) is 0 Å². The van der Waals surface area contributed by atoms with Crippen molar-refractivity contribution in [3.63, 3.8) is 0 Å². The number of likely N-dealkylation sites (N-methyl/N-ethyl adjacent to an activating group) is 1. The van der Waals surface area contributed by atoms with Crippen molar-refractivity contribution in [3.8, 4) is 11.5 Å². The molecule has 4 aromatic rings. The van der Waals surface area contributed by atoms with Gasteiger partial charge in [0.05, 0.1) is 32.5 Å². The van der Waals surface area contributed by atoms with E-state index in [4.69, 9.17) is 13.9 Å². The molecule has 2 amide bonds. The first-order valence-corrected chi connectivity index (χ1v) is 10.8. The van der Waals surface area contributed by atoms with Crippen molar-refractivity contribution in [2.24, 2.45) is 0 Å². The zero-order valence-corrected chi connectivity index (χ0v) is 19.5. The van der Waals surface area contributed by atoms with Crippen molar-refractivity contribution < 1.29 is 23.5 Å². The third kappa shape index (κ3) is 4.82. The molecule has 0 radical (unpaired) electrons. The normalized spacial score (nSPS) is 12.0. The molecule has 0 aliphatic rings. The van der Waals surface area contributed by atoms with Gasteiger partial charge in [-0.05, 0) is 50.4 Å². The van der Waals surface area contributed by atoms with Crippen molar-refractivity contribution >= 4 is 45.1 Å². The summed E-state index contributed by atoms with van der Waals surface area (Å²) < 4.78 is 16.6. The average Bonchev–Trinajstić information content (AvgIpc) is 3.20. The third-order valence-corrected chi connectivity index (χ3v) is 5.76. The molecule has 0 aliphatic heterocycles. The van der Waals surface area contributed by atoms with Crippen LogP contribution >= 0.6 is 0 Å². The number of hydrogen-bond acceptors (Lipinski definition) is 6. The Morgan fingerprint density at radius 3 is 2.38 bits per heavy atom. The molecule has 4 rings (SSSR count). The van der Waals surface area contributed by atoms with E-state index in [1.165, 1.54) is 0 Å². The molecule has 1 aromatic heterocycles. The second-order valence-corrected chi connectivity index (χ2v) is 8.00. The SMILES string of the molecule is COc1ccc(NC(=O)CN(C)C(C)C(=O)Nc2cc3oc4ccccc4c3cc2OC)cc1. The van der Waals surface area contributed by atoms with Crippen LogP contribution in [0.15, 0.2) is 65.1 Å². The van der Waals surface area contributed by atoms with Crippen LogP contribution in [-0.4, -0.2) is 50.6 Å². The van der Waals surface area contributed by atoms with E-state index in [1.807, 2.05) is 30.3 Å². The summed E-state index contributed by atoms with van der Waals surface area (Å²) in [6.07, 6.45) is 0. The number of fused-ring (bicyclic) bond motifs is 3. The van der Waals surface area contributed by atoms with E-state index in [-0.39, 0.29) is 18.4 Å². The fourth-order valence-electron chi connectivity index (χ4n) is 3.69. The van der Waals surface area contributed by atoms with Gasteiger partial charge < -0.3 is 24.5 Å². The number of rotatable bonds is 8. The maximum atomic E-state index is 13.0. The van der Waals surface area contributed by atoms with Crippen molar-refractivity contribution in [2.75, 3.05) is 38.4 Å². The minimum atomic E-state index is -0.572. The number of nitrogens with zero attached hydrogens (tertiary/aromatic N) is 1. The number of para-hydroxylation sites is 1. The standard InChI is InChI=1S/C26H27N3O5/c1-16(29(2)15-25(30)27-17-9-11-18(32-3)12-10-17)26(31)28-21-14-23-20(13-24(21)33-4)19-7-5-6-8-22(19)34-23/h5-14,16H,15H2,1-4H3,(H,27,30)(H,28,31). The molecule has 0 spiro atoms. The molecule has 0 fully saturated rings. The van der Waals surface area contributed by atoms with Crippen LogP contribution < -0.4 is 20.1 Å². The number of nitrogens with one attached hydrogen (secondary N) is 2. The van der Waals surface area contributed by atoms with Crippen LogP contribution in [0.25, 0.3) is 21.9 Å². The summed E-state index contributed by atoms with van der Waals surface area (Å²) in [6.45, 7) is 1.78. The number of ether oxygens (including phenoxy) is 2. The molecule has 8 nitrogen and oxygen atoms in total. The van der Waals surface area contributed by atoms with Crippen LogP contribution in [0.5, 0.6) is 11.5 Å². The highest BCUT2D eigenvalue weighted by molar-refractivity contribution is 6.08. The van der Waals surface area contributed by atoms with E-state index in [1.54, 1.807) is 63.4 Å². The number of hydrogen-bond donors (Lipinski definition) is 2. The summed E-state index contributed by atoms with van der Waals surface area (Å²) in [5.74, 6) is 0.735. The zero-order chi connectivity index (χ0) is 24.2. The highest BCUT2D eigenvalue weighted by Gasteiger charge is 2.22. The lowest BCUT2D eigenvalue weighted by molar-refractivity contribution is -0.122. The van der Waals surface area contributed by atoms with Crippen LogP contribution in [0.4, 0.5) is 11.4 Å². The van der Waals surface area contributed by atoms with Gasteiger partial charge in [-0.3, -0.25) is 14.5 Å². The van der Waals surface area contributed by atoms with Gasteiger partial charge in [-0.1, -0.05) is 18.2 Å². The Bertz CT molecular complexity index is 1330. The largest absolute Gasteiger partial charge is 0.497 e. The molecule has 1 atom stereocenters. The summed E-state index contributed by atoms with van der Waals surface area (Å²) in [5, 5.41) is 7.61. The average molecular weight is 462 g/mol. The lowest BCUT2D eigenvalue weighted by Crippen LogP contribution is -2.43. The molecule has 8 heteroatoms. The number of amides is 2. The lowest BCUT2D eigenvalue weighted by Gasteiger charge is -2.23. The number of furan rings is 1. The van der Waals surface area contributed by atoms with Gasteiger partial charge in [-0.25, -0.2) is 0 Å². The quantitative estimate of drug-likeness (QED) is 0.401. The smallest absolute Gasteiger partial charge is 0.241 e. The summed E-state index contributed by atoms with van der Waals surface area (Å²) >= 11 is 0. The van der Waals surface area contributed by atoms with Crippen LogP contribution in [-0.2, 0) is 9.59 Å². The van der Waals surface area contributed by atoms with Crippen LogP contribution in [0, 0.1) is 0 Å². The number of methoxy groups -OCH3 is 2. The molecule has 2 N–H and O–H groups in total. The molecule has 176 valence electrons. The van der Waals surface area contributed by atoms with Crippen LogP contribution in [0.2, 0.25) is 0 Å². The molecule has 1 heterocycles. The Labute approximate surface area is 197 Å². The highest BCUT2D eigenvalue weighted by atomic mass is 16.5. The molecule has 34 heavy (non-hydrogen) atoms. The Balaban J connectivity index is 1.43. The number of carbonyl (C=O) groups is 2. The van der Waals surface area contributed by atoms with Gasteiger partial charge in [0, 0.05) is 22.5 Å². The highest BCUT2D eigenvalue weighted by Crippen LogP contribution is 2.36. The van der Waals surface area contributed by atoms with Crippen molar-refractivity contribution in [2.45, 2.75) is 13.0 Å². The lowest BCUT2D eigenvalue weighted by atomic mass is 10.1. The molecule has 1 unspecified atom stereocenters. The first-order valence-electron chi connectivity index (χ1n) is 10.8. The zero-order valence-electron chi connectivity index (χ0n) is 19.5. The van der Waals surface area contributed by atoms with E-state index in [2.05, 4.69) is 10.6 Å². The summed E-state index contributed by atoms with van der Waals surface area (Å²) in [4.78, 5) is 27.1.